The van der Waals surface area contributed by atoms with E-state index in [9.17, 15) is 26.3 Å². The minimum atomic E-state index is -4.72. The van der Waals surface area contributed by atoms with Gasteiger partial charge in [-0.05, 0) is 24.0 Å². The van der Waals surface area contributed by atoms with E-state index in [0.717, 1.165) is 0 Å². The van der Waals surface area contributed by atoms with Gasteiger partial charge in [-0.2, -0.15) is 26.3 Å². The molecule has 0 fully saturated rings. The summed E-state index contributed by atoms with van der Waals surface area (Å²) in [6, 6.07) is 15.5. The quantitative estimate of drug-likeness (QED) is 0.550. The normalized spacial score (nSPS) is 15.0. The lowest BCUT2D eigenvalue weighted by atomic mass is 10.1. The van der Waals surface area contributed by atoms with E-state index >= 15 is 0 Å². The van der Waals surface area contributed by atoms with Crippen LogP contribution < -0.4 is 0 Å². The van der Waals surface area contributed by atoms with E-state index in [1.165, 1.54) is 24.3 Å². The molecule has 0 heterocycles. The van der Waals surface area contributed by atoms with Crippen LogP contribution >= 0.6 is 11.8 Å². The first kappa shape index (κ1) is 19.7. The topological polar surface area (TPSA) is 0 Å². The van der Waals surface area contributed by atoms with Gasteiger partial charge in [-0.1, -0.05) is 60.7 Å². The molecule has 2 atom stereocenters. The summed E-state index contributed by atoms with van der Waals surface area (Å²) in [6.45, 7) is 0. The van der Waals surface area contributed by atoms with Crippen LogP contribution in [0, 0.1) is 0 Å². The number of hydrogen-bond acceptors (Lipinski definition) is 1. The molecule has 136 valence electrons. The van der Waals surface area contributed by atoms with Gasteiger partial charge >= 0.3 is 12.4 Å². The smallest absolute Gasteiger partial charge is 0.170 e. The highest BCUT2D eigenvalue weighted by atomic mass is 32.2. The maximum atomic E-state index is 13.3. The van der Waals surface area contributed by atoms with Crippen molar-refractivity contribution < 1.29 is 26.3 Å². The monoisotopic (exact) mass is 378 g/mol. The zero-order valence-corrected chi connectivity index (χ0v) is 13.8. The predicted molar refractivity (Wildman–Crippen MR) is 87.6 cm³/mol. The second-order valence-corrected chi connectivity index (χ2v) is 6.99. The van der Waals surface area contributed by atoms with Crippen molar-refractivity contribution in [3.63, 3.8) is 0 Å². The fraction of sp³-hybridized carbons (Fsp3) is 0.333. The molecule has 0 aliphatic carbocycles. The maximum absolute atomic E-state index is 13.3. The van der Waals surface area contributed by atoms with Crippen molar-refractivity contribution in [1.82, 2.24) is 0 Å². The Hall–Kier alpha value is -1.63. The van der Waals surface area contributed by atoms with Crippen LogP contribution in [0.3, 0.4) is 0 Å². The lowest BCUT2D eigenvalue weighted by molar-refractivity contribution is -0.135. The zero-order valence-electron chi connectivity index (χ0n) is 13.0. The molecule has 0 aliphatic rings. The maximum Gasteiger partial charge on any atom is 0.400 e. The fourth-order valence-electron chi connectivity index (χ4n) is 2.34. The molecule has 7 heteroatoms. The number of halogens is 6. The van der Waals surface area contributed by atoms with Crippen molar-refractivity contribution in [2.24, 2.45) is 0 Å². The third-order valence-corrected chi connectivity index (χ3v) is 5.11. The van der Waals surface area contributed by atoms with Crippen LogP contribution in [0.5, 0.6) is 0 Å². The Labute approximate surface area is 146 Å². The van der Waals surface area contributed by atoms with Gasteiger partial charge in [-0.25, -0.2) is 0 Å². The van der Waals surface area contributed by atoms with E-state index in [1.807, 2.05) is 0 Å². The van der Waals surface area contributed by atoms with Crippen molar-refractivity contribution in [2.75, 3.05) is 0 Å². The molecular formula is C18H16F6S. The standard InChI is InChI=1S/C18H16F6S/c19-17(20,21)15(11-13-7-3-1-4-8-13)25-16(18(22,23)24)12-14-9-5-2-6-10-14/h1-10,15-16H,11-12H2/t15-,16+. The Bertz CT molecular complexity index is 579. The molecule has 0 unspecified atom stereocenters. The second kappa shape index (κ2) is 8.17. The first-order valence-corrected chi connectivity index (χ1v) is 8.47. The van der Waals surface area contributed by atoms with Gasteiger partial charge in [0.05, 0.1) is 0 Å². The number of rotatable bonds is 6. The molecule has 0 aromatic heterocycles. The zero-order chi connectivity index (χ0) is 18.5. The van der Waals surface area contributed by atoms with E-state index in [0.29, 0.717) is 11.1 Å². The SMILES string of the molecule is FC(F)(F)[C@H](Cc1ccccc1)S[C@H](Cc1ccccc1)C(F)(F)F. The number of alkyl halides is 6. The lowest BCUT2D eigenvalue weighted by Crippen LogP contribution is -2.36. The first-order valence-electron chi connectivity index (χ1n) is 7.53. The molecule has 0 aliphatic heterocycles. The van der Waals surface area contributed by atoms with Crippen LogP contribution in [0.15, 0.2) is 60.7 Å². The largest absolute Gasteiger partial charge is 0.400 e. The molecule has 0 amide bonds. The molecule has 0 spiro atoms. The lowest BCUT2D eigenvalue weighted by Gasteiger charge is -2.27. The second-order valence-electron chi connectivity index (χ2n) is 5.58. The summed E-state index contributed by atoms with van der Waals surface area (Å²) in [6.07, 6.45) is -10.4. The molecule has 25 heavy (non-hydrogen) atoms. The van der Waals surface area contributed by atoms with Gasteiger partial charge < -0.3 is 0 Å². The molecule has 2 aromatic carbocycles. The van der Waals surface area contributed by atoms with E-state index in [1.54, 1.807) is 36.4 Å². The summed E-state index contributed by atoms with van der Waals surface area (Å²) in [5.74, 6) is 0. The molecule has 0 saturated heterocycles. The van der Waals surface area contributed by atoms with Gasteiger partial charge in [0.25, 0.3) is 0 Å². The van der Waals surface area contributed by atoms with Crippen molar-refractivity contribution in [3.8, 4) is 0 Å². The summed E-state index contributed by atoms with van der Waals surface area (Å²) < 4.78 is 79.8. The fourth-order valence-corrected chi connectivity index (χ4v) is 3.62. The van der Waals surface area contributed by atoms with Gasteiger partial charge in [-0.15, -0.1) is 11.8 Å². The van der Waals surface area contributed by atoms with Gasteiger partial charge in [0.2, 0.25) is 0 Å². The van der Waals surface area contributed by atoms with E-state index < -0.39 is 35.7 Å². The molecular weight excluding hydrogens is 362 g/mol. The van der Waals surface area contributed by atoms with Crippen molar-refractivity contribution >= 4 is 11.8 Å². The molecule has 2 aromatic rings. The third-order valence-electron chi connectivity index (χ3n) is 3.59. The van der Waals surface area contributed by atoms with Gasteiger partial charge in [0.15, 0.2) is 0 Å². The van der Waals surface area contributed by atoms with Gasteiger partial charge in [-0.3, -0.25) is 0 Å². The highest BCUT2D eigenvalue weighted by Crippen LogP contribution is 2.42. The van der Waals surface area contributed by atoms with Crippen LogP contribution in [0.4, 0.5) is 26.3 Å². The van der Waals surface area contributed by atoms with Crippen LogP contribution in [-0.2, 0) is 12.8 Å². The Morgan fingerprint density at radius 3 is 1.20 bits per heavy atom. The van der Waals surface area contributed by atoms with Crippen LogP contribution in [0.25, 0.3) is 0 Å². The summed E-state index contributed by atoms with van der Waals surface area (Å²) in [5.41, 5.74) is 0.718. The van der Waals surface area contributed by atoms with Crippen molar-refractivity contribution in [3.05, 3.63) is 71.8 Å². The highest BCUT2D eigenvalue weighted by Gasteiger charge is 2.48. The van der Waals surface area contributed by atoms with Crippen LogP contribution in [0.2, 0.25) is 0 Å². The number of hydrogen-bond donors (Lipinski definition) is 0. The number of thioether (sulfide) groups is 1. The Morgan fingerprint density at radius 2 is 0.920 bits per heavy atom. The van der Waals surface area contributed by atoms with E-state index in [4.69, 9.17) is 0 Å². The Balaban J connectivity index is 2.20. The summed E-state index contributed by atoms with van der Waals surface area (Å²) in [7, 11) is 0. The highest BCUT2D eigenvalue weighted by molar-refractivity contribution is 8.00. The van der Waals surface area contributed by atoms with Crippen LogP contribution in [0.1, 0.15) is 11.1 Å². The summed E-state index contributed by atoms with van der Waals surface area (Å²) in [5, 5.41) is -4.24. The predicted octanol–water partition coefficient (Wildman–Crippen LogP) is 6.07. The Morgan fingerprint density at radius 1 is 0.600 bits per heavy atom. The third kappa shape index (κ3) is 6.30. The van der Waals surface area contributed by atoms with Crippen LogP contribution in [-0.4, -0.2) is 22.9 Å². The summed E-state index contributed by atoms with van der Waals surface area (Å²) in [4.78, 5) is 0. The number of benzene rings is 2. The minimum absolute atomic E-state index is 0.0566. The van der Waals surface area contributed by atoms with E-state index in [-0.39, 0.29) is 11.8 Å². The molecule has 0 bridgehead atoms. The summed E-state index contributed by atoms with van der Waals surface area (Å²) >= 11 is -0.0566. The van der Waals surface area contributed by atoms with E-state index in [2.05, 4.69) is 0 Å². The molecule has 0 radical (unpaired) electrons. The average molecular weight is 378 g/mol. The molecule has 2 rings (SSSR count). The first-order chi connectivity index (χ1) is 11.7. The van der Waals surface area contributed by atoms with Crippen molar-refractivity contribution in [1.29, 1.82) is 0 Å². The molecule has 0 nitrogen and oxygen atoms in total. The van der Waals surface area contributed by atoms with Crippen molar-refractivity contribution in [2.45, 2.75) is 35.7 Å². The van der Waals surface area contributed by atoms with Gasteiger partial charge in [0.1, 0.15) is 10.5 Å². The van der Waals surface area contributed by atoms with Gasteiger partial charge in [0, 0.05) is 0 Å². The minimum Gasteiger partial charge on any atom is -0.170 e. The Kier molecular flexibility index (Phi) is 6.43. The molecule has 0 N–H and O–H groups in total. The average Bonchev–Trinajstić information content (AvgIpc) is 2.53. The molecule has 0 saturated carbocycles.